The van der Waals surface area contributed by atoms with Crippen LogP contribution in [0, 0.1) is 5.92 Å². The number of Topliss-reactive ketones (excluding diaryl/α,β-unsaturated/α-hetero) is 1. The molecule has 0 amide bonds. The molecule has 0 N–H and O–H groups in total. The highest BCUT2D eigenvalue weighted by Crippen LogP contribution is 2.25. The molecule has 2 heterocycles. The molecule has 1 aliphatic rings. The van der Waals surface area contributed by atoms with Crippen molar-refractivity contribution >= 4 is 17.1 Å². The van der Waals surface area contributed by atoms with E-state index in [2.05, 4.69) is 0 Å². The minimum atomic E-state index is 0.0783. The van der Waals surface area contributed by atoms with Crippen LogP contribution in [0.5, 0.6) is 0 Å². The van der Waals surface area contributed by atoms with Crippen molar-refractivity contribution in [3.8, 4) is 0 Å². The van der Waals surface area contributed by atoms with E-state index in [1.54, 1.807) is 11.3 Å². The molecule has 0 aliphatic carbocycles. The number of hydrogen-bond acceptors (Lipinski definition) is 3. The Bertz CT molecular complexity index is 292. The van der Waals surface area contributed by atoms with Crippen LogP contribution in [0.1, 0.15) is 23.7 Å². The topological polar surface area (TPSA) is 26.3 Å². The number of carbonyl (C=O) groups is 1. The third kappa shape index (κ3) is 1.67. The first-order valence-electron chi connectivity index (χ1n) is 4.47. The number of ketones is 1. The van der Waals surface area contributed by atoms with Crippen molar-refractivity contribution in [1.82, 2.24) is 0 Å². The number of thiophene rings is 1. The fourth-order valence-corrected chi connectivity index (χ4v) is 2.34. The van der Waals surface area contributed by atoms with Gasteiger partial charge in [0.05, 0.1) is 12.0 Å². The number of carbonyl (C=O) groups excluding carboxylic acids is 1. The van der Waals surface area contributed by atoms with Crippen LogP contribution in [-0.2, 0) is 4.74 Å². The highest BCUT2D eigenvalue weighted by atomic mass is 32.1. The van der Waals surface area contributed by atoms with Gasteiger partial charge in [0.1, 0.15) is 0 Å². The Morgan fingerprint density at radius 1 is 1.69 bits per heavy atom. The van der Waals surface area contributed by atoms with Gasteiger partial charge in [-0.1, -0.05) is 0 Å². The summed E-state index contributed by atoms with van der Waals surface area (Å²) in [6, 6.07) is 1.89. The van der Waals surface area contributed by atoms with Gasteiger partial charge < -0.3 is 4.74 Å². The second-order valence-electron chi connectivity index (χ2n) is 3.35. The number of rotatable bonds is 2. The maximum atomic E-state index is 11.8. The molecule has 0 radical (unpaired) electrons. The molecule has 1 aliphatic heterocycles. The van der Waals surface area contributed by atoms with Crippen LogP contribution in [0.2, 0.25) is 0 Å². The molecular formula is C10H12O2S. The van der Waals surface area contributed by atoms with E-state index in [0.29, 0.717) is 0 Å². The molecule has 0 bridgehead atoms. The Hall–Kier alpha value is -0.670. The summed E-state index contributed by atoms with van der Waals surface area (Å²) in [5.74, 6) is 0.320. The molecule has 1 aromatic heterocycles. The van der Waals surface area contributed by atoms with Crippen LogP contribution < -0.4 is 0 Å². The molecule has 1 saturated heterocycles. The monoisotopic (exact) mass is 196 g/mol. The van der Waals surface area contributed by atoms with Gasteiger partial charge in [-0.3, -0.25) is 4.79 Å². The number of ether oxygens (including phenoxy) is 1. The zero-order valence-electron chi connectivity index (χ0n) is 7.53. The summed E-state index contributed by atoms with van der Waals surface area (Å²) in [5.41, 5.74) is 0.840. The fraction of sp³-hybridized carbons (Fsp3) is 0.500. The lowest BCUT2D eigenvalue weighted by Gasteiger charge is -2.10. The van der Waals surface area contributed by atoms with Gasteiger partial charge >= 0.3 is 0 Å². The average molecular weight is 196 g/mol. The summed E-state index contributed by atoms with van der Waals surface area (Å²) in [7, 11) is 0. The Morgan fingerprint density at radius 3 is 3.08 bits per heavy atom. The van der Waals surface area contributed by atoms with Gasteiger partial charge in [0, 0.05) is 17.6 Å². The molecule has 2 rings (SSSR count). The smallest absolute Gasteiger partial charge is 0.169 e. The third-order valence-electron chi connectivity index (χ3n) is 2.52. The van der Waals surface area contributed by atoms with Crippen LogP contribution in [0.15, 0.2) is 16.8 Å². The highest BCUT2D eigenvalue weighted by Gasteiger charge is 2.31. The molecule has 2 nitrogen and oxygen atoms in total. The predicted octanol–water partition coefficient (Wildman–Crippen LogP) is 2.36. The van der Waals surface area contributed by atoms with Gasteiger partial charge in [0.25, 0.3) is 0 Å². The summed E-state index contributed by atoms with van der Waals surface area (Å²) in [5, 5.41) is 3.85. The van der Waals surface area contributed by atoms with Gasteiger partial charge in [-0.2, -0.15) is 11.3 Å². The van der Waals surface area contributed by atoms with Gasteiger partial charge in [-0.15, -0.1) is 0 Å². The Balaban J connectivity index is 2.13. The van der Waals surface area contributed by atoms with E-state index in [4.69, 9.17) is 4.74 Å². The molecule has 3 heteroatoms. The SMILES string of the molecule is CC1OCCC1C(=O)c1ccsc1. The van der Waals surface area contributed by atoms with Crippen molar-refractivity contribution in [3.63, 3.8) is 0 Å². The maximum absolute atomic E-state index is 11.8. The third-order valence-corrected chi connectivity index (χ3v) is 3.20. The molecular weight excluding hydrogens is 184 g/mol. The zero-order valence-corrected chi connectivity index (χ0v) is 8.34. The summed E-state index contributed by atoms with van der Waals surface area (Å²) in [4.78, 5) is 11.8. The standard InChI is InChI=1S/C10H12O2S/c1-7-9(2-4-12-7)10(11)8-3-5-13-6-8/h3,5-7,9H,2,4H2,1H3. The van der Waals surface area contributed by atoms with Gasteiger partial charge in [0.2, 0.25) is 0 Å². The van der Waals surface area contributed by atoms with Crippen molar-refractivity contribution in [2.75, 3.05) is 6.61 Å². The quantitative estimate of drug-likeness (QED) is 0.679. The first-order valence-corrected chi connectivity index (χ1v) is 5.41. The molecule has 13 heavy (non-hydrogen) atoms. The minimum absolute atomic E-state index is 0.0783. The predicted molar refractivity (Wildman–Crippen MR) is 52.2 cm³/mol. The molecule has 1 aromatic rings. The van der Waals surface area contributed by atoms with E-state index in [1.165, 1.54) is 0 Å². The van der Waals surface area contributed by atoms with Gasteiger partial charge in [-0.25, -0.2) is 0 Å². The molecule has 1 fully saturated rings. The Morgan fingerprint density at radius 2 is 2.54 bits per heavy atom. The lowest BCUT2D eigenvalue weighted by Crippen LogP contribution is -2.21. The fourth-order valence-electron chi connectivity index (χ4n) is 1.69. The highest BCUT2D eigenvalue weighted by molar-refractivity contribution is 7.08. The van der Waals surface area contributed by atoms with Crippen molar-refractivity contribution in [1.29, 1.82) is 0 Å². The summed E-state index contributed by atoms with van der Waals surface area (Å²) in [6.45, 7) is 2.70. The van der Waals surface area contributed by atoms with Gasteiger partial charge in [0.15, 0.2) is 5.78 Å². The first-order chi connectivity index (χ1) is 6.29. The largest absolute Gasteiger partial charge is 0.378 e. The molecule has 2 atom stereocenters. The van der Waals surface area contributed by atoms with Crippen LogP contribution >= 0.6 is 11.3 Å². The van der Waals surface area contributed by atoms with E-state index >= 15 is 0 Å². The van der Waals surface area contributed by atoms with Gasteiger partial charge in [-0.05, 0) is 24.8 Å². The zero-order chi connectivity index (χ0) is 9.26. The summed E-state index contributed by atoms with van der Waals surface area (Å²) in [6.07, 6.45) is 0.961. The molecule has 0 spiro atoms. The maximum Gasteiger partial charge on any atom is 0.169 e. The molecule has 70 valence electrons. The molecule has 0 aromatic carbocycles. The van der Waals surface area contributed by atoms with E-state index in [-0.39, 0.29) is 17.8 Å². The van der Waals surface area contributed by atoms with E-state index < -0.39 is 0 Å². The van der Waals surface area contributed by atoms with E-state index in [0.717, 1.165) is 18.6 Å². The lowest BCUT2D eigenvalue weighted by atomic mass is 9.94. The van der Waals surface area contributed by atoms with Crippen molar-refractivity contribution in [2.24, 2.45) is 5.92 Å². The van der Waals surface area contributed by atoms with E-state index in [9.17, 15) is 4.79 Å². The van der Waals surface area contributed by atoms with Crippen LogP contribution in [0.3, 0.4) is 0 Å². The average Bonchev–Trinajstić information content (AvgIpc) is 2.72. The normalized spacial score (nSPS) is 27.8. The van der Waals surface area contributed by atoms with Crippen molar-refractivity contribution in [2.45, 2.75) is 19.4 Å². The second-order valence-corrected chi connectivity index (χ2v) is 4.13. The second kappa shape index (κ2) is 3.60. The van der Waals surface area contributed by atoms with Crippen LogP contribution in [0.4, 0.5) is 0 Å². The Kier molecular flexibility index (Phi) is 2.47. The van der Waals surface area contributed by atoms with Crippen molar-refractivity contribution in [3.05, 3.63) is 22.4 Å². The van der Waals surface area contributed by atoms with Crippen LogP contribution in [-0.4, -0.2) is 18.5 Å². The van der Waals surface area contributed by atoms with E-state index in [1.807, 2.05) is 23.8 Å². The molecule has 0 saturated carbocycles. The summed E-state index contributed by atoms with van der Waals surface area (Å²) < 4.78 is 5.37. The Labute approximate surface area is 81.5 Å². The van der Waals surface area contributed by atoms with Crippen molar-refractivity contribution < 1.29 is 9.53 Å². The first kappa shape index (κ1) is 8.91. The van der Waals surface area contributed by atoms with Crippen LogP contribution in [0.25, 0.3) is 0 Å². The lowest BCUT2D eigenvalue weighted by molar-refractivity contribution is 0.0764. The molecule has 2 unspecified atom stereocenters. The minimum Gasteiger partial charge on any atom is -0.378 e. The summed E-state index contributed by atoms with van der Waals surface area (Å²) >= 11 is 1.57. The number of hydrogen-bond donors (Lipinski definition) is 0.